The molecule has 0 atom stereocenters. The van der Waals surface area contributed by atoms with E-state index in [2.05, 4.69) is 0 Å². The van der Waals surface area contributed by atoms with Crippen LogP contribution in [0.25, 0.3) is 33.3 Å². The van der Waals surface area contributed by atoms with Crippen molar-refractivity contribution in [3.63, 3.8) is 0 Å². The molecule has 0 saturated carbocycles. The fourth-order valence-corrected chi connectivity index (χ4v) is 2.67. The van der Waals surface area contributed by atoms with Crippen LogP contribution in [0.2, 0.25) is 0 Å². The lowest BCUT2D eigenvalue weighted by Crippen LogP contribution is -1.96. The van der Waals surface area contributed by atoms with Crippen molar-refractivity contribution in [1.29, 1.82) is 0 Å². The average molecular weight is 308 g/mol. The summed E-state index contributed by atoms with van der Waals surface area (Å²) in [6.07, 6.45) is 1.54. The zero-order valence-electron chi connectivity index (χ0n) is 12.2. The molecule has 1 N–H and O–H groups in total. The summed E-state index contributed by atoms with van der Waals surface area (Å²) in [5.74, 6) is 0.966. The number of phenolic OH excluding ortho intramolecular Hbond substituents is 1. The monoisotopic (exact) mass is 308 g/mol. The highest BCUT2D eigenvalue weighted by molar-refractivity contribution is 6.05. The standard InChI is InChI=1S/C18H12O5/c1-21-15-6-10(2-3-13(15)20)14-7-11-4-5-22-16-8-12(19)9-17(23-14)18(11)16/h2-9,20H,1H3. The normalized spacial score (nSPS) is 11.2. The van der Waals surface area contributed by atoms with E-state index in [1.54, 1.807) is 12.1 Å². The van der Waals surface area contributed by atoms with Gasteiger partial charge in [-0.2, -0.15) is 0 Å². The number of rotatable bonds is 2. The van der Waals surface area contributed by atoms with E-state index in [0.717, 1.165) is 16.3 Å². The van der Waals surface area contributed by atoms with E-state index in [9.17, 15) is 9.90 Å². The highest BCUT2D eigenvalue weighted by atomic mass is 16.5. The first kappa shape index (κ1) is 13.5. The van der Waals surface area contributed by atoms with Crippen LogP contribution in [0, 0.1) is 0 Å². The minimum absolute atomic E-state index is 0.0517. The van der Waals surface area contributed by atoms with E-state index in [0.29, 0.717) is 22.7 Å². The second-order valence-corrected chi connectivity index (χ2v) is 5.17. The predicted octanol–water partition coefficient (Wildman–Crippen LogP) is 3.92. The van der Waals surface area contributed by atoms with Crippen LogP contribution in [0.15, 0.2) is 62.4 Å². The van der Waals surface area contributed by atoms with Gasteiger partial charge in [0.15, 0.2) is 16.9 Å². The van der Waals surface area contributed by atoms with E-state index in [1.807, 2.05) is 12.1 Å². The number of phenols is 1. The molecule has 0 amide bonds. The molecular weight excluding hydrogens is 296 g/mol. The Hall–Kier alpha value is -3.21. The molecule has 0 spiro atoms. The fraction of sp³-hybridized carbons (Fsp3) is 0.0556. The van der Waals surface area contributed by atoms with Crippen molar-refractivity contribution in [2.45, 2.75) is 0 Å². The Morgan fingerprint density at radius 1 is 1.04 bits per heavy atom. The first-order chi connectivity index (χ1) is 11.2. The van der Waals surface area contributed by atoms with Gasteiger partial charge in [-0.1, -0.05) is 0 Å². The van der Waals surface area contributed by atoms with Crippen LogP contribution < -0.4 is 10.2 Å². The molecule has 0 unspecified atom stereocenters. The van der Waals surface area contributed by atoms with Crippen molar-refractivity contribution in [2.75, 3.05) is 7.11 Å². The summed E-state index contributed by atoms with van der Waals surface area (Å²) in [6.45, 7) is 0. The zero-order chi connectivity index (χ0) is 16.0. The van der Waals surface area contributed by atoms with Crippen molar-refractivity contribution in [1.82, 2.24) is 0 Å². The van der Waals surface area contributed by atoms with Crippen molar-refractivity contribution >= 4 is 21.9 Å². The van der Waals surface area contributed by atoms with E-state index >= 15 is 0 Å². The molecule has 2 aromatic heterocycles. The lowest BCUT2D eigenvalue weighted by molar-refractivity contribution is 0.373. The van der Waals surface area contributed by atoms with Crippen molar-refractivity contribution in [3.05, 3.63) is 59.0 Å². The Balaban J connectivity index is 2.03. The molecule has 5 heteroatoms. The van der Waals surface area contributed by atoms with Gasteiger partial charge < -0.3 is 18.7 Å². The van der Waals surface area contributed by atoms with Gasteiger partial charge in [-0.25, -0.2) is 0 Å². The number of benzene rings is 2. The fourth-order valence-electron chi connectivity index (χ4n) is 2.67. The molecular formula is C18H12O5. The van der Waals surface area contributed by atoms with Crippen molar-refractivity contribution in [3.8, 4) is 22.8 Å². The topological polar surface area (TPSA) is 72.8 Å². The third-order valence-corrected chi connectivity index (χ3v) is 3.74. The van der Waals surface area contributed by atoms with Crippen molar-refractivity contribution in [2.24, 2.45) is 0 Å². The molecule has 0 radical (unpaired) electrons. The maximum Gasteiger partial charge on any atom is 0.186 e. The molecule has 4 aromatic rings. The summed E-state index contributed by atoms with van der Waals surface area (Å²) < 4.78 is 16.4. The molecule has 114 valence electrons. The molecule has 5 nitrogen and oxygen atoms in total. The number of aromatic hydroxyl groups is 1. The average Bonchev–Trinajstić information content (AvgIpc) is 2.55. The summed E-state index contributed by atoms with van der Waals surface area (Å²) in [6, 6.07) is 11.5. The van der Waals surface area contributed by atoms with Crippen LogP contribution in [-0.2, 0) is 0 Å². The van der Waals surface area contributed by atoms with Crippen LogP contribution in [0.5, 0.6) is 11.5 Å². The first-order valence-corrected chi connectivity index (χ1v) is 6.98. The van der Waals surface area contributed by atoms with Crippen LogP contribution in [0.3, 0.4) is 0 Å². The highest BCUT2D eigenvalue weighted by Crippen LogP contribution is 2.35. The van der Waals surface area contributed by atoms with Gasteiger partial charge in [0, 0.05) is 17.7 Å². The number of hydrogen-bond acceptors (Lipinski definition) is 5. The Bertz CT molecular complexity index is 1090. The van der Waals surface area contributed by atoms with Gasteiger partial charge in [0.2, 0.25) is 0 Å². The Labute approximate surface area is 130 Å². The maximum atomic E-state index is 11.8. The molecule has 0 aliphatic carbocycles. The number of hydrogen-bond donors (Lipinski definition) is 1. The van der Waals surface area contributed by atoms with Crippen LogP contribution in [0.1, 0.15) is 0 Å². The van der Waals surface area contributed by atoms with E-state index in [-0.39, 0.29) is 11.2 Å². The first-order valence-electron chi connectivity index (χ1n) is 6.98. The number of methoxy groups -OCH3 is 1. The highest BCUT2D eigenvalue weighted by Gasteiger charge is 2.12. The van der Waals surface area contributed by atoms with Gasteiger partial charge in [0.25, 0.3) is 0 Å². The van der Waals surface area contributed by atoms with E-state index in [4.69, 9.17) is 13.6 Å². The molecule has 0 saturated heterocycles. The Morgan fingerprint density at radius 3 is 2.70 bits per heavy atom. The van der Waals surface area contributed by atoms with Gasteiger partial charge in [0.05, 0.1) is 18.8 Å². The SMILES string of the molecule is COc1cc(-c2cc3ccoc4cc(=O)cc(o2)c34)ccc1O. The zero-order valence-corrected chi connectivity index (χ0v) is 12.2. The number of ether oxygens (including phenoxy) is 1. The predicted molar refractivity (Wildman–Crippen MR) is 85.9 cm³/mol. The summed E-state index contributed by atoms with van der Waals surface area (Å²) in [4.78, 5) is 11.8. The lowest BCUT2D eigenvalue weighted by atomic mass is 10.1. The molecule has 0 bridgehead atoms. The van der Waals surface area contributed by atoms with Gasteiger partial charge in [-0.05, 0) is 35.7 Å². The smallest absolute Gasteiger partial charge is 0.186 e. The van der Waals surface area contributed by atoms with E-state index in [1.165, 1.54) is 31.6 Å². The summed E-state index contributed by atoms with van der Waals surface area (Å²) in [7, 11) is 1.48. The maximum absolute atomic E-state index is 11.8. The van der Waals surface area contributed by atoms with Crippen molar-refractivity contribution < 1.29 is 18.7 Å². The van der Waals surface area contributed by atoms with Crippen LogP contribution in [0.4, 0.5) is 0 Å². The molecule has 2 heterocycles. The molecule has 23 heavy (non-hydrogen) atoms. The summed E-state index contributed by atoms with van der Waals surface area (Å²) in [5.41, 5.74) is 1.49. The minimum Gasteiger partial charge on any atom is -0.504 e. The molecule has 4 rings (SSSR count). The van der Waals surface area contributed by atoms with Gasteiger partial charge in [-0.3, -0.25) is 4.79 Å². The molecule has 0 aliphatic heterocycles. The third kappa shape index (κ3) is 2.14. The van der Waals surface area contributed by atoms with E-state index < -0.39 is 0 Å². The van der Waals surface area contributed by atoms with Crippen LogP contribution >= 0.6 is 0 Å². The lowest BCUT2D eigenvalue weighted by Gasteiger charge is -2.09. The summed E-state index contributed by atoms with van der Waals surface area (Å²) in [5, 5.41) is 11.4. The Kier molecular flexibility index (Phi) is 2.87. The van der Waals surface area contributed by atoms with Gasteiger partial charge in [-0.15, -0.1) is 0 Å². The minimum atomic E-state index is -0.182. The quantitative estimate of drug-likeness (QED) is 0.607. The largest absolute Gasteiger partial charge is 0.504 e. The van der Waals surface area contributed by atoms with Gasteiger partial charge in [0.1, 0.15) is 16.9 Å². The molecule has 0 aliphatic rings. The third-order valence-electron chi connectivity index (χ3n) is 3.74. The second kappa shape index (κ2) is 4.91. The molecule has 2 aromatic carbocycles. The Morgan fingerprint density at radius 2 is 1.87 bits per heavy atom. The van der Waals surface area contributed by atoms with Gasteiger partial charge >= 0.3 is 0 Å². The summed E-state index contributed by atoms with van der Waals surface area (Å²) >= 11 is 0. The molecule has 0 fully saturated rings. The second-order valence-electron chi connectivity index (χ2n) is 5.17. The van der Waals surface area contributed by atoms with Crippen LogP contribution in [-0.4, -0.2) is 12.2 Å².